The van der Waals surface area contributed by atoms with Crippen LogP contribution in [0.4, 0.5) is 8.78 Å². The fraction of sp³-hybridized carbons (Fsp3) is 0.538. The van der Waals surface area contributed by atoms with Crippen LogP contribution >= 0.6 is 0 Å². The van der Waals surface area contributed by atoms with E-state index < -0.39 is 17.7 Å². The maximum atomic E-state index is 13.4. The maximum absolute atomic E-state index is 13.4. The van der Waals surface area contributed by atoms with Gasteiger partial charge in [-0.05, 0) is 31.2 Å². The highest BCUT2D eigenvalue weighted by molar-refractivity contribution is 5.21. The summed E-state index contributed by atoms with van der Waals surface area (Å²) in [7, 11) is 0. The first kappa shape index (κ1) is 15.0. The average molecular weight is 259 g/mol. The molecule has 1 aromatic carbocycles. The van der Waals surface area contributed by atoms with Crippen LogP contribution in [-0.2, 0) is 0 Å². The van der Waals surface area contributed by atoms with Crippen LogP contribution in [-0.4, -0.2) is 41.4 Å². The number of nitrogens with zero attached hydrogens (tertiary/aromatic N) is 1. The maximum Gasteiger partial charge on any atom is 0.129 e. The molecule has 1 atom stereocenters. The van der Waals surface area contributed by atoms with E-state index in [-0.39, 0.29) is 18.7 Å². The molecule has 0 aliphatic carbocycles. The van der Waals surface area contributed by atoms with Gasteiger partial charge in [-0.3, -0.25) is 4.90 Å². The van der Waals surface area contributed by atoms with Crippen LogP contribution in [0.3, 0.4) is 0 Å². The number of benzene rings is 1. The zero-order chi connectivity index (χ0) is 13.5. The second kappa shape index (κ2) is 7.41. The van der Waals surface area contributed by atoms with Gasteiger partial charge in [0.05, 0.1) is 12.7 Å². The van der Waals surface area contributed by atoms with Gasteiger partial charge in [-0.25, -0.2) is 8.78 Å². The quantitative estimate of drug-likeness (QED) is 0.783. The van der Waals surface area contributed by atoms with Crippen molar-refractivity contribution in [3.8, 4) is 0 Å². The molecule has 0 bridgehead atoms. The summed E-state index contributed by atoms with van der Waals surface area (Å²) in [5.74, 6) is -1.20. The minimum absolute atomic E-state index is 0.0294. The molecule has 0 aliphatic heterocycles. The molecule has 3 nitrogen and oxygen atoms in total. The Bertz CT molecular complexity index is 368. The van der Waals surface area contributed by atoms with Crippen LogP contribution in [0, 0.1) is 11.6 Å². The van der Waals surface area contributed by atoms with E-state index in [1.165, 1.54) is 0 Å². The molecule has 0 spiro atoms. The lowest BCUT2D eigenvalue weighted by atomic mass is 10.1. The third-order valence-corrected chi connectivity index (χ3v) is 2.70. The molecule has 0 aromatic heterocycles. The third-order valence-electron chi connectivity index (χ3n) is 2.70. The molecule has 0 amide bonds. The van der Waals surface area contributed by atoms with Gasteiger partial charge in [0.25, 0.3) is 0 Å². The molecule has 18 heavy (non-hydrogen) atoms. The average Bonchev–Trinajstić information content (AvgIpc) is 2.33. The Hall–Kier alpha value is -1.04. The minimum atomic E-state index is -1.10. The summed E-state index contributed by atoms with van der Waals surface area (Å²) >= 11 is 0. The van der Waals surface area contributed by atoms with E-state index >= 15 is 0 Å². The van der Waals surface area contributed by atoms with Gasteiger partial charge in [-0.15, -0.1) is 0 Å². The summed E-state index contributed by atoms with van der Waals surface area (Å²) in [5, 5.41) is 18.8. The van der Waals surface area contributed by atoms with Gasteiger partial charge >= 0.3 is 0 Å². The first-order valence-corrected chi connectivity index (χ1v) is 6.04. The topological polar surface area (TPSA) is 43.7 Å². The van der Waals surface area contributed by atoms with E-state index in [1.807, 2.05) is 11.8 Å². The van der Waals surface area contributed by atoms with Gasteiger partial charge < -0.3 is 10.2 Å². The molecule has 0 fully saturated rings. The van der Waals surface area contributed by atoms with Gasteiger partial charge in [-0.1, -0.05) is 6.92 Å². The number of halogens is 2. The lowest BCUT2D eigenvalue weighted by molar-refractivity contribution is 0.0971. The molecule has 1 rings (SSSR count). The Morgan fingerprint density at radius 1 is 1.28 bits per heavy atom. The largest absolute Gasteiger partial charge is 0.395 e. The van der Waals surface area contributed by atoms with Crippen molar-refractivity contribution in [1.82, 2.24) is 4.90 Å². The molecule has 0 saturated carbocycles. The summed E-state index contributed by atoms with van der Waals surface area (Å²) in [6, 6.07) is 3.02. The van der Waals surface area contributed by atoms with Crippen molar-refractivity contribution >= 4 is 0 Å². The highest BCUT2D eigenvalue weighted by Crippen LogP contribution is 2.19. The Balaban J connectivity index is 2.73. The fourth-order valence-corrected chi connectivity index (χ4v) is 1.86. The van der Waals surface area contributed by atoms with Crippen molar-refractivity contribution in [2.24, 2.45) is 0 Å². The van der Waals surface area contributed by atoms with E-state index in [9.17, 15) is 13.9 Å². The molecule has 102 valence electrons. The molecule has 0 aliphatic rings. The van der Waals surface area contributed by atoms with Gasteiger partial charge in [-0.2, -0.15) is 0 Å². The first-order chi connectivity index (χ1) is 8.58. The van der Waals surface area contributed by atoms with Crippen molar-refractivity contribution in [3.05, 3.63) is 35.4 Å². The van der Waals surface area contributed by atoms with Crippen LogP contribution in [0.15, 0.2) is 18.2 Å². The van der Waals surface area contributed by atoms with E-state index in [2.05, 4.69) is 0 Å². The molecule has 0 heterocycles. The molecule has 2 N–H and O–H groups in total. The Labute approximate surface area is 106 Å². The van der Waals surface area contributed by atoms with E-state index in [1.54, 1.807) is 0 Å². The SMILES string of the molecule is CCCN(CCO)C[C@H](O)c1cc(F)ccc1F. The fourth-order valence-electron chi connectivity index (χ4n) is 1.86. The lowest BCUT2D eigenvalue weighted by Gasteiger charge is -2.24. The van der Waals surface area contributed by atoms with Crippen molar-refractivity contribution in [2.75, 3.05) is 26.2 Å². The second-order valence-electron chi connectivity index (χ2n) is 4.21. The number of hydrogen-bond donors (Lipinski definition) is 2. The van der Waals surface area contributed by atoms with Crippen LogP contribution in [0.1, 0.15) is 25.0 Å². The molecule has 0 radical (unpaired) electrons. The third kappa shape index (κ3) is 4.33. The van der Waals surface area contributed by atoms with Gasteiger partial charge in [0, 0.05) is 18.7 Å². The number of rotatable bonds is 7. The number of aliphatic hydroxyl groups excluding tert-OH is 2. The van der Waals surface area contributed by atoms with Crippen molar-refractivity contribution < 1.29 is 19.0 Å². The van der Waals surface area contributed by atoms with E-state index in [4.69, 9.17) is 5.11 Å². The Morgan fingerprint density at radius 2 is 2.00 bits per heavy atom. The van der Waals surface area contributed by atoms with E-state index in [0.29, 0.717) is 13.1 Å². The molecular formula is C13H19F2NO2. The summed E-state index contributed by atoms with van der Waals surface area (Å²) in [4.78, 5) is 1.81. The molecule has 5 heteroatoms. The van der Waals surface area contributed by atoms with Crippen LogP contribution in [0.2, 0.25) is 0 Å². The monoisotopic (exact) mass is 259 g/mol. The zero-order valence-electron chi connectivity index (χ0n) is 10.4. The number of hydrogen-bond acceptors (Lipinski definition) is 3. The molecule has 0 unspecified atom stereocenters. The summed E-state index contributed by atoms with van der Waals surface area (Å²) < 4.78 is 26.5. The second-order valence-corrected chi connectivity index (χ2v) is 4.21. The van der Waals surface area contributed by atoms with Crippen molar-refractivity contribution in [1.29, 1.82) is 0 Å². The normalized spacial score (nSPS) is 13.0. The lowest BCUT2D eigenvalue weighted by Crippen LogP contribution is -2.32. The minimum Gasteiger partial charge on any atom is -0.395 e. The number of aliphatic hydroxyl groups is 2. The summed E-state index contributed by atoms with van der Waals surface area (Å²) in [5.41, 5.74) is -0.0472. The van der Waals surface area contributed by atoms with Crippen LogP contribution in [0.5, 0.6) is 0 Å². The zero-order valence-corrected chi connectivity index (χ0v) is 10.4. The predicted molar refractivity (Wildman–Crippen MR) is 65.1 cm³/mol. The van der Waals surface area contributed by atoms with Crippen LogP contribution in [0.25, 0.3) is 0 Å². The molecular weight excluding hydrogens is 240 g/mol. The molecule has 1 aromatic rings. The van der Waals surface area contributed by atoms with Crippen LogP contribution < -0.4 is 0 Å². The predicted octanol–water partition coefficient (Wildman–Crippen LogP) is 1.70. The van der Waals surface area contributed by atoms with Gasteiger partial charge in [0.2, 0.25) is 0 Å². The highest BCUT2D eigenvalue weighted by atomic mass is 19.1. The highest BCUT2D eigenvalue weighted by Gasteiger charge is 2.17. The van der Waals surface area contributed by atoms with Gasteiger partial charge in [0.15, 0.2) is 0 Å². The Kier molecular flexibility index (Phi) is 6.18. The van der Waals surface area contributed by atoms with Crippen molar-refractivity contribution in [2.45, 2.75) is 19.4 Å². The Morgan fingerprint density at radius 3 is 2.61 bits per heavy atom. The molecule has 0 saturated heterocycles. The smallest absolute Gasteiger partial charge is 0.129 e. The summed E-state index contributed by atoms with van der Waals surface area (Å²) in [6.07, 6.45) is -0.239. The van der Waals surface area contributed by atoms with Crippen molar-refractivity contribution in [3.63, 3.8) is 0 Å². The van der Waals surface area contributed by atoms with Gasteiger partial charge in [0.1, 0.15) is 11.6 Å². The van der Waals surface area contributed by atoms with E-state index in [0.717, 1.165) is 24.6 Å². The standard InChI is InChI=1S/C13H19F2NO2/c1-2-5-16(6-7-17)9-13(18)11-8-10(14)3-4-12(11)15/h3-4,8,13,17-18H,2,5-7,9H2,1H3/t13-/m0/s1. The summed E-state index contributed by atoms with van der Waals surface area (Å²) in [6.45, 7) is 3.21. The first-order valence-electron chi connectivity index (χ1n) is 6.04.